The number of hydrogen-bond donors (Lipinski definition) is 2. The average Bonchev–Trinajstić information content (AvgIpc) is 3.05. The lowest BCUT2D eigenvalue weighted by Gasteiger charge is -2.16. The van der Waals surface area contributed by atoms with Crippen molar-refractivity contribution < 1.29 is 9.53 Å². The molecule has 1 fully saturated rings. The van der Waals surface area contributed by atoms with Crippen LogP contribution in [0, 0.1) is 0 Å². The Morgan fingerprint density at radius 2 is 2.23 bits per heavy atom. The molecular weight excluding hydrogens is 284 g/mol. The first-order valence-corrected chi connectivity index (χ1v) is 7.72. The van der Waals surface area contributed by atoms with Crippen molar-refractivity contribution in [2.45, 2.75) is 56.7 Å². The van der Waals surface area contributed by atoms with Crippen LogP contribution >= 0.6 is 0 Å². The third-order valence-electron chi connectivity index (χ3n) is 4.66. The molecule has 1 aliphatic heterocycles. The Morgan fingerprint density at radius 1 is 1.45 bits per heavy atom. The van der Waals surface area contributed by atoms with Crippen LogP contribution in [0.2, 0.25) is 0 Å². The number of aromatic nitrogens is 2. The quantitative estimate of drug-likeness (QED) is 0.800. The van der Waals surface area contributed by atoms with Gasteiger partial charge in [0, 0.05) is 18.0 Å². The number of methoxy groups -OCH3 is 1. The van der Waals surface area contributed by atoms with Gasteiger partial charge in [-0.15, -0.1) is 0 Å². The fourth-order valence-corrected chi connectivity index (χ4v) is 3.50. The molecule has 0 saturated heterocycles. The highest BCUT2D eigenvalue weighted by molar-refractivity contribution is 5.75. The van der Waals surface area contributed by atoms with Crippen molar-refractivity contribution in [3.63, 3.8) is 0 Å². The van der Waals surface area contributed by atoms with E-state index in [4.69, 9.17) is 10.5 Å². The molecule has 0 radical (unpaired) electrons. The molecule has 1 aromatic heterocycles. The Kier molecular flexibility index (Phi) is 3.90. The minimum absolute atomic E-state index is 0.0609. The van der Waals surface area contributed by atoms with Crippen LogP contribution in [0.4, 0.5) is 5.69 Å². The predicted octanol–water partition coefficient (Wildman–Crippen LogP) is 0.756. The molecule has 3 rings (SSSR count). The third kappa shape index (κ3) is 2.49. The second kappa shape index (κ2) is 5.72. The Balaban J connectivity index is 1.92. The van der Waals surface area contributed by atoms with Gasteiger partial charge < -0.3 is 15.8 Å². The van der Waals surface area contributed by atoms with Gasteiger partial charge in [0.2, 0.25) is 0 Å². The SMILES string of the molecule is COC(=O)[C@@H]1C[C@@H](C)c2ncc(N[C@@H]3CC[C@@H](N)C3)c(=O)n21. The number of nitrogens with two attached hydrogens (primary N) is 1. The van der Waals surface area contributed by atoms with Gasteiger partial charge in [0.1, 0.15) is 17.6 Å². The summed E-state index contributed by atoms with van der Waals surface area (Å²) in [7, 11) is 1.34. The van der Waals surface area contributed by atoms with Gasteiger partial charge in [-0.1, -0.05) is 6.92 Å². The number of carbonyl (C=O) groups excluding carboxylic acids is 1. The van der Waals surface area contributed by atoms with Crippen molar-refractivity contribution in [3.05, 3.63) is 22.4 Å². The Bertz CT molecular complexity index is 642. The molecule has 7 nitrogen and oxygen atoms in total. The zero-order valence-corrected chi connectivity index (χ0v) is 12.9. The van der Waals surface area contributed by atoms with E-state index in [1.54, 1.807) is 6.20 Å². The zero-order chi connectivity index (χ0) is 15.9. The fourth-order valence-electron chi connectivity index (χ4n) is 3.50. The van der Waals surface area contributed by atoms with Crippen LogP contribution in [0.25, 0.3) is 0 Å². The van der Waals surface area contributed by atoms with Crippen molar-refractivity contribution in [3.8, 4) is 0 Å². The molecule has 1 saturated carbocycles. The molecule has 7 heteroatoms. The van der Waals surface area contributed by atoms with E-state index in [-0.39, 0.29) is 23.6 Å². The molecule has 1 aromatic rings. The highest BCUT2D eigenvalue weighted by Crippen LogP contribution is 2.34. The summed E-state index contributed by atoms with van der Waals surface area (Å²) in [6.45, 7) is 1.96. The van der Waals surface area contributed by atoms with E-state index in [1.165, 1.54) is 11.7 Å². The van der Waals surface area contributed by atoms with Gasteiger partial charge in [0.05, 0.1) is 13.3 Å². The first-order chi connectivity index (χ1) is 10.5. The molecule has 120 valence electrons. The van der Waals surface area contributed by atoms with Crippen LogP contribution in [0.15, 0.2) is 11.0 Å². The molecule has 0 amide bonds. The summed E-state index contributed by atoms with van der Waals surface area (Å²) in [5.41, 5.74) is 6.14. The van der Waals surface area contributed by atoms with Crippen LogP contribution < -0.4 is 16.6 Å². The lowest BCUT2D eigenvalue weighted by molar-refractivity contribution is -0.144. The number of ether oxygens (including phenoxy) is 1. The molecule has 0 spiro atoms. The maximum Gasteiger partial charge on any atom is 0.329 e. The highest BCUT2D eigenvalue weighted by Gasteiger charge is 2.36. The number of anilines is 1. The third-order valence-corrected chi connectivity index (χ3v) is 4.66. The van der Waals surface area contributed by atoms with Gasteiger partial charge in [-0.3, -0.25) is 9.36 Å². The summed E-state index contributed by atoms with van der Waals surface area (Å²) in [6, 6.07) is -0.202. The molecule has 3 N–H and O–H groups in total. The molecular formula is C15H22N4O3. The number of rotatable bonds is 3. The maximum absolute atomic E-state index is 12.7. The molecule has 0 aromatic carbocycles. The van der Waals surface area contributed by atoms with E-state index >= 15 is 0 Å². The van der Waals surface area contributed by atoms with E-state index in [1.807, 2.05) is 6.92 Å². The second-order valence-electron chi connectivity index (χ2n) is 6.30. The zero-order valence-electron chi connectivity index (χ0n) is 12.9. The van der Waals surface area contributed by atoms with Gasteiger partial charge in [0.25, 0.3) is 5.56 Å². The number of hydrogen-bond acceptors (Lipinski definition) is 6. The fraction of sp³-hybridized carbons (Fsp3) is 0.667. The Hall–Kier alpha value is -1.89. The van der Waals surface area contributed by atoms with Crippen molar-refractivity contribution in [2.75, 3.05) is 12.4 Å². The molecule has 2 heterocycles. The van der Waals surface area contributed by atoms with Gasteiger partial charge >= 0.3 is 5.97 Å². The summed E-state index contributed by atoms with van der Waals surface area (Å²) >= 11 is 0. The van der Waals surface area contributed by atoms with Crippen molar-refractivity contribution in [1.29, 1.82) is 0 Å². The first-order valence-electron chi connectivity index (χ1n) is 7.72. The van der Waals surface area contributed by atoms with Gasteiger partial charge in [-0.25, -0.2) is 9.78 Å². The highest BCUT2D eigenvalue weighted by atomic mass is 16.5. The smallest absolute Gasteiger partial charge is 0.329 e. The molecule has 0 unspecified atom stereocenters. The Morgan fingerprint density at radius 3 is 2.86 bits per heavy atom. The molecule has 0 bridgehead atoms. The number of nitrogens with zero attached hydrogens (tertiary/aromatic N) is 2. The van der Waals surface area contributed by atoms with Crippen molar-refractivity contribution >= 4 is 11.7 Å². The van der Waals surface area contributed by atoms with E-state index in [0.717, 1.165) is 19.3 Å². The topological polar surface area (TPSA) is 99.2 Å². The number of esters is 1. The summed E-state index contributed by atoms with van der Waals surface area (Å²) in [5, 5.41) is 3.23. The van der Waals surface area contributed by atoms with E-state index in [2.05, 4.69) is 10.3 Å². The average molecular weight is 306 g/mol. The van der Waals surface area contributed by atoms with Gasteiger partial charge in [0.15, 0.2) is 0 Å². The Labute approximate surface area is 128 Å². The maximum atomic E-state index is 12.7. The standard InChI is InChI=1S/C15H22N4O3/c1-8-5-12(15(21)22-2)19-13(8)17-7-11(14(19)20)18-10-4-3-9(16)6-10/h7-10,12,18H,3-6,16H2,1-2H3/t8-,9-,10-,12+/m1/s1. The van der Waals surface area contributed by atoms with Gasteiger partial charge in [-0.05, 0) is 25.7 Å². The van der Waals surface area contributed by atoms with Crippen LogP contribution in [0.3, 0.4) is 0 Å². The van der Waals surface area contributed by atoms with E-state index < -0.39 is 12.0 Å². The van der Waals surface area contributed by atoms with Crippen LogP contribution in [-0.2, 0) is 9.53 Å². The molecule has 2 aliphatic rings. The second-order valence-corrected chi connectivity index (χ2v) is 6.30. The van der Waals surface area contributed by atoms with Crippen molar-refractivity contribution in [2.24, 2.45) is 5.73 Å². The molecule has 22 heavy (non-hydrogen) atoms. The van der Waals surface area contributed by atoms with Crippen molar-refractivity contribution in [1.82, 2.24) is 9.55 Å². The minimum atomic E-state index is -0.581. The molecule has 1 aliphatic carbocycles. The summed E-state index contributed by atoms with van der Waals surface area (Å²) in [5.74, 6) is 0.314. The van der Waals surface area contributed by atoms with E-state index in [0.29, 0.717) is 17.9 Å². The van der Waals surface area contributed by atoms with Crippen LogP contribution in [-0.4, -0.2) is 34.7 Å². The summed E-state index contributed by atoms with van der Waals surface area (Å²) in [6.07, 6.45) is 4.87. The number of nitrogens with one attached hydrogen (secondary N) is 1. The summed E-state index contributed by atoms with van der Waals surface area (Å²) < 4.78 is 6.30. The monoisotopic (exact) mass is 306 g/mol. The lowest BCUT2D eigenvalue weighted by atomic mass is 10.1. The predicted molar refractivity (Wildman–Crippen MR) is 81.8 cm³/mol. The first kappa shape index (κ1) is 15.0. The lowest BCUT2D eigenvalue weighted by Crippen LogP contribution is -2.32. The number of fused-ring (bicyclic) bond motifs is 1. The van der Waals surface area contributed by atoms with Gasteiger partial charge in [-0.2, -0.15) is 0 Å². The largest absolute Gasteiger partial charge is 0.467 e. The minimum Gasteiger partial charge on any atom is -0.467 e. The van der Waals surface area contributed by atoms with Crippen LogP contribution in [0.1, 0.15) is 50.4 Å². The van der Waals surface area contributed by atoms with E-state index in [9.17, 15) is 9.59 Å². The van der Waals surface area contributed by atoms with Crippen LogP contribution in [0.5, 0.6) is 0 Å². The summed E-state index contributed by atoms with van der Waals surface area (Å²) in [4.78, 5) is 29.0. The number of carbonyl (C=O) groups is 1. The molecule has 4 atom stereocenters. The normalized spacial score (nSPS) is 30.1.